The van der Waals surface area contributed by atoms with Gasteiger partial charge in [-0.05, 0) is 35.1 Å². The van der Waals surface area contributed by atoms with Crippen molar-refractivity contribution in [2.75, 3.05) is 0 Å². The van der Waals surface area contributed by atoms with Gasteiger partial charge in [0, 0.05) is 11.3 Å². The molecule has 3 aromatic rings. The second-order valence-corrected chi connectivity index (χ2v) is 5.08. The van der Waals surface area contributed by atoms with Crippen LogP contribution >= 0.6 is 0 Å². The fourth-order valence-corrected chi connectivity index (χ4v) is 2.34. The summed E-state index contributed by atoms with van der Waals surface area (Å²) < 4.78 is 38.1. The Morgan fingerprint density at radius 1 is 1.08 bits per heavy atom. The van der Waals surface area contributed by atoms with Crippen molar-refractivity contribution in [1.29, 1.82) is 0 Å². The summed E-state index contributed by atoms with van der Waals surface area (Å²) in [6.07, 6.45) is -1.97. The summed E-state index contributed by atoms with van der Waals surface area (Å²) in [4.78, 5) is 16.4. The van der Waals surface area contributed by atoms with Crippen LogP contribution in [0.25, 0.3) is 22.9 Å². The number of halogens is 3. The molecule has 0 radical (unpaired) electrons. The number of rotatable bonds is 2. The number of nitrogens with zero attached hydrogens (tertiary/aromatic N) is 1. The van der Waals surface area contributed by atoms with E-state index in [1.54, 1.807) is 18.2 Å². The Hall–Kier alpha value is -3.09. The third-order valence-corrected chi connectivity index (χ3v) is 3.43. The average Bonchev–Trinajstić information content (AvgIpc) is 2.52. The van der Waals surface area contributed by atoms with Crippen LogP contribution in [0.4, 0.5) is 13.2 Å². The highest BCUT2D eigenvalue weighted by atomic mass is 19.4. The predicted molar refractivity (Wildman–Crippen MR) is 84.4 cm³/mol. The second-order valence-electron chi connectivity index (χ2n) is 5.08. The number of hydrogen-bond donors (Lipinski definition) is 2. The summed E-state index contributed by atoms with van der Waals surface area (Å²) in [6, 6.07) is 11.2. The van der Waals surface area contributed by atoms with Crippen molar-refractivity contribution >= 4 is 22.9 Å². The third-order valence-electron chi connectivity index (χ3n) is 3.43. The van der Waals surface area contributed by atoms with E-state index in [9.17, 15) is 23.1 Å². The second kappa shape index (κ2) is 5.84. The molecule has 1 aromatic heterocycles. The van der Waals surface area contributed by atoms with Crippen LogP contribution in [0.1, 0.15) is 17.0 Å². The predicted octanol–water partition coefficient (Wildman–Crippen LogP) is 3.82. The fourth-order valence-electron chi connectivity index (χ4n) is 2.34. The van der Waals surface area contributed by atoms with E-state index in [0.29, 0.717) is 5.56 Å². The van der Waals surface area contributed by atoms with Gasteiger partial charge in [-0.2, -0.15) is 18.2 Å². The van der Waals surface area contributed by atoms with Gasteiger partial charge in [-0.1, -0.05) is 30.3 Å². The van der Waals surface area contributed by atoms with Crippen LogP contribution < -0.4 is 5.69 Å². The Morgan fingerprint density at radius 2 is 1.83 bits per heavy atom. The molecule has 2 aromatic carbocycles. The summed E-state index contributed by atoms with van der Waals surface area (Å²) in [5.41, 5.74) is -1.98. The zero-order valence-electron chi connectivity index (χ0n) is 12.1. The Bertz CT molecular complexity index is 991. The minimum Gasteiger partial charge on any atom is -0.507 e. The molecule has 0 spiro atoms. The number of fused-ring (bicyclic) bond motifs is 1. The first kappa shape index (κ1) is 15.8. The maximum absolute atomic E-state index is 12.7. The molecular formula is C17H11F3N2O2. The number of aromatic nitrogens is 2. The molecule has 7 heteroatoms. The number of phenolic OH excluding ortho intramolecular Hbond substituents is 1. The van der Waals surface area contributed by atoms with Crippen LogP contribution in [0.3, 0.4) is 0 Å². The molecule has 1 heterocycles. The number of nitrogens with one attached hydrogen (secondary N) is 1. The molecule has 3 rings (SSSR count). The maximum Gasteiger partial charge on any atom is 0.433 e. The quantitative estimate of drug-likeness (QED) is 0.750. The van der Waals surface area contributed by atoms with Gasteiger partial charge in [-0.15, -0.1) is 0 Å². The summed E-state index contributed by atoms with van der Waals surface area (Å²) in [7, 11) is 0. The lowest BCUT2D eigenvalue weighted by Crippen LogP contribution is -2.19. The van der Waals surface area contributed by atoms with Crippen LogP contribution in [-0.4, -0.2) is 15.1 Å². The van der Waals surface area contributed by atoms with E-state index in [2.05, 4.69) is 9.97 Å². The highest BCUT2D eigenvalue weighted by molar-refractivity contribution is 5.95. The van der Waals surface area contributed by atoms with Gasteiger partial charge < -0.3 is 10.1 Å². The molecular weight excluding hydrogens is 321 g/mol. The molecule has 0 amide bonds. The highest BCUT2D eigenvalue weighted by Gasteiger charge is 2.33. The van der Waals surface area contributed by atoms with Crippen LogP contribution in [0.5, 0.6) is 5.75 Å². The maximum atomic E-state index is 12.7. The van der Waals surface area contributed by atoms with Gasteiger partial charge in [-0.25, -0.2) is 4.79 Å². The van der Waals surface area contributed by atoms with Crippen molar-refractivity contribution in [3.8, 4) is 5.75 Å². The van der Waals surface area contributed by atoms with Gasteiger partial charge in [0.1, 0.15) is 5.75 Å². The summed E-state index contributed by atoms with van der Waals surface area (Å²) >= 11 is 0. The highest BCUT2D eigenvalue weighted by Crippen LogP contribution is 2.30. The first-order valence-corrected chi connectivity index (χ1v) is 6.92. The zero-order chi connectivity index (χ0) is 17.3. The molecule has 0 saturated heterocycles. The largest absolute Gasteiger partial charge is 0.507 e. The lowest BCUT2D eigenvalue weighted by Gasteiger charge is -2.06. The van der Waals surface area contributed by atoms with Crippen molar-refractivity contribution in [1.82, 2.24) is 9.97 Å². The van der Waals surface area contributed by atoms with E-state index < -0.39 is 17.6 Å². The number of phenols is 1. The van der Waals surface area contributed by atoms with Crippen molar-refractivity contribution in [2.24, 2.45) is 0 Å². The van der Waals surface area contributed by atoms with Gasteiger partial charge in [0.2, 0.25) is 0 Å². The first-order chi connectivity index (χ1) is 11.3. The molecule has 2 N–H and O–H groups in total. The molecule has 0 bridgehead atoms. The molecule has 0 atom stereocenters. The molecule has 0 fully saturated rings. The number of hydrogen-bond acceptors (Lipinski definition) is 3. The van der Waals surface area contributed by atoms with E-state index in [0.717, 1.165) is 16.8 Å². The summed E-state index contributed by atoms with van der Waals surface area (Å²) in [5.74, 6) is -0.0163. The Kier molecular flexibility index (Phi) is 3.84. The first-order valence-electron chi connectivity index (χ1n) is 6.92. The van der Waals surface area contributed by atoms with Crippen molar-refractivity contribution < 1.29 is 18.3 Å². The number of H-pyrrole nitrogens is 1. The van der Waals surface area contributed by atoms with E-state index in [1.807, 2.05) is 12.1 Å². The van der Waals surface area contributed by atoms with Crippen LogP contribution in [-0.2, 0) is 6.18 Å². The minimum absolute atomic E-state index is 0.0163. The molecule has 24 heavy (non-hydrogen) atoms. The lowest BCUT2D eigenvalue weighted by atomic mass is 10.0. The van der Waals surface area contributed by atoms with Gasteiger partial charge in [-0.3, -0.25) is 0 Å². The molecule has 122 valence electrons. The van der Waals surface area contributed by atoms with E-state index >= 15 is 0 Å². The molecule has 0 aliphatic heterocycles. The minimum atomic E-state index is -4.71. The SMILES string of the molecule is O=c1nc(C(F)(F)F)cc(/C=C/c2c(O)ccc3ccccc23)[nH]1. The lowest BCUT2D eigenvalue weighted by molar-refractivity contribution is -0.141. The normalized spacial score (nSPS) is 12.1. The number of alkyl halides is 3. The van der Waals surface area contributed by atoms with Crippen molar-refractivity contribution in [3.63, 3.8) is 0 Å². The number of benzene rings is 2. The average molecular weight is 332 g/mol. The van der Waals surface area contributed by atoms with Crippen molar-refractivity contribution in [2.45, 2.75) is 6.18 Å². The standard InChI is InChI=1S/C17H11F3N2O2/c18-17(19,20)15-9-11(21-16(24)22-15)6-7-13-12-4-2-1-3-10(12)5-8-14(13)23/h1-9,23H,(H,21,22,24)/b7-6+. The van der Waals surface area contributed by atoms with E-state index in [4.69, 9.17) is 0 Å². The molecule has 0 unspecified atom stereocenters. The smallest absolute Gasteiger partial charge is 0.433 e. The molecule has 0 saturated carbocycles. The fraction of sp³-hybridized carbons (Fsp3) is 0.0588. The Balaban J connectivity index is 2.08. The zero-order valence-corrected chi connectivity index (χ0v) is 12.1. The summed E-state index contributed by atoms with van der Waals surface area (Å²) in [6.45, 7) is 0. The Morgan fingerprint density at radius 3 is 2.58 bits per heavy atom. The van der Waals surface area contributed by atoms with Crippen molar-refractivity contribution in [3.05, 3.63) is 69.9 Å². The molecule has 0 aliphatic carbocycles. The molecule has 4 nitrogen and oxygen atoms in total. The van der Waals surface area contributed by atoms with E-state index in [-0.39, 0.29) is 11.4 Å². The van der Waals surface area contributed by atoms with Gasteiger partial charge in [0.15, 0.2) is 5.69 Å². The number of aromatic hydroxyl groups is 1. The van der Waals surface area contributed by atoms with Crippen LogP contribution in [0.2, 0.25) is 0 Å². The topological polar surface area (TPSA) is 66.0 Å². The Labute approximate surface area is 133 Å². The molecule has 0 aliphatic rings. The number of aromatic amines is 1. The van der Waals surface area contributed by atoms with Gasteiger partial charge in [0.25, 0.3) is 0 Å². The van der Waals surface area contributed by atoms with Crippen LogP contribution in [0.15, 0.2) is 47.3 Å². The third kappa shape index (κ3) is 3.15. The monoisotopic (exact) mass is 332 g/mol. The summed E-state index contributed by atoms with van der Waals surface area (Å²) in [5, 5.41) is 11.6. The van der Waals surface area contributed by atoms with Gasteiger partial charge in [0.05, 0.1) is 0 Å². The van der Waals surface area contributed by atoms with Crippen LogP contribution in [0, 0.1) is 0 Å². The van der Waals surface area contributed by atoms with Gasteiger partial charge >= 0.3 is 11.9 Å². The van der Waals surface area contributed by atoms with E-state index in [1.165, 1.54) is 18.2 Å².